The van der Waals surface area contributed by atoms with Crippen LogP contribution in [0.15, 0.2) is 44.3 Å². The molecule has 0 aliphatic carbocycles. The van der Waals surface area contributed by atoms with E-state index < -0.39 is 12.0 Å². The van der Waals surface area contributed by atoms with Crippen molar-refractivity contribution in [2.75, 3.05) is 7.11 Å². The van der Waals surface area contributed by atoms with E-state index in [1.54, 1.807) is 30.3 Å². The number of phenolic OH excluding ortho intramolecular Hbond substituents is 1. The first-order valence-corrected chi connectivity index (χ1v) is 8.58. The highest BCUT2D eigenvalue weighted by atomic mass is 79.9. The van der Waals surface area contributed by atoms with Crippen LogP contribution in [0.2, 0.25) is 5.02 Å². The molecule has 0 heterocycles. The van der Waals surface area contributed by atoms with Gasteiger partial charge in [0.05, 0.1) is 11.6 Å². The first-order valence-electron chi connectivity index (χ1n) is 6.61. The highest BCUT2D eigenvalue weighted by Gasteiger charge is 2.19. The van der Waals surface area contributed by atoms with Crippen LogP contribution in [0.3, 0.4) is 0 Å². The van der Waals surface area contributed by atoms with Gasteiger partial charge in [0.15, 0.2) is 11.8 Å². The molecule has 0 aliphatic rings. The van der Waals surface area contributed by atoms with E-state index in [9.17, 15) is 15.0 Å². The summed E-state index contributed by atoms with van der Waals surface area (Å²) in [7, 11) is 1.47. The largest absolute Gasteiger partial charge is 0.506 e. The predicted octanol–water partition coefficient (Wildman–Crippen LogP) is 4.82. The van der Waals surface area contributed by atoms with E-state index in [4.69, 9.17) is 16.3 Å². The van der Waals surface area contributed by atoms with E-state index in [0.29, 0.717) is 30.8 Å². The quantitative estimate of drug-likeness (QED) is 0.605. The second kappa shape index (κ2) is 8.00. The van der Waals surface area contributed by atoms with Crippen LogP contribution in [-0.2, 0) is 4.79 Å². The van der Waals surface area contributed by atoms with Crippen molar-refractivity contribution in [1.29, 1.82) is 0 Å². The van der Waals surface area contributed by atoms with Gasteiger partial charge in [-0.05, 0) is 55.6 Å². The second-order valence-corrected chi connectivity index (χ2v) is 6.80. The third-order valence-electron chi connectivity index (χ3n) is 3.17. The molecule has 2 N–H and O–H groups in total. The number of hydrogen-bond donors (Lipinski definition) is 2. The molecule has 5 nitrogen and oxygen atoms in total. The number of phenols is 1. The lowest BCUT2D eigenvalue weighted by Crippen LogP contribution is -2.09. The molecule has 24 heavy (non-hydrogen) atoms. The normalized spacial score (nSPS) is 12.3. The van der Waals surface area contributed by atoms with Gasteiger partial charge in [0.1, 0.15) is 10.2 Å². The Labute approximate surface area is 160 Å². The molecule has 1 atom stereocenters. The van der Waals surface area contributed by atoms with Gasteiger partial charge in [-0.15, -0.1) is 0 Å². The number of carboxylic acid groups (broad SMARTS) is 1. The summed E-state index contributed by atoms with van der Waals surface area (Å²) >= 11 is 12.4. The molecule has 2 aromatic rings. The molecular formula is C16H12Br2ClNO4. The molecule has 2 rings (SSSR count). The summed E-state index contributed by atoms with van der Waals surface area (Å²) in [5.41, 5.74) is 0.823. The number of benzene rings is 2. The van der Waals surface area contributed by atoms with Crippen molar-refractivity contribution >= 4 is 55.6 Å². The summed E-state index contributed by atoms with van der Waals surface area (Å²) in [6.45, 7) is 0. The molecular weight excluding hydrogens is 465 g/mol. The summed E-state index contributed by atoms with van der Waals surface area (Å²) in [6.07, 6.45) is 1.30. The van der Waals surface area contributed by atoms with Crippen molar-refractivity contribution in [3.05, 3.63) is 55.4 Å². The van der Waals surface area contributed by atoms with Crippen LogP contribution in [-0.4, -0.2) is 29.5 Å². The average Bonchev–Trinajstić information content (AvgIpc) is 2.54. The Kier molecular flexibility index (Phi) is 6.26. The van der Waals surface area contributed by atoms with Crippen molar-refractivity contribution in [2.45, 2.75) is 6.04 Å². The van der Waals surface area contributed by atoms with Gasteiger partial charge in [-0.2, -0.15) is 0 Å². The summed E-state index contributed by atoms with van der Waals surface area (Å²) in [6, 6.07) is 6.86. The van der Waals surface area contributed by atoms with E-state index in [2.05, 4.69) is 36.9 Å². The summed E-state index contributed by atoms with van der Waals surface area (Å²) in [4.78, 5) is 15.6. The second-order valence-electron chi connectivity index (χ2n) is 4.71. The number of aliphatic carboxylic acids is 1. The van der Waals surface area contributed by atoms with Crippen LogP contribution in [0.25, 0.3) is 0 Å². The lowest BCUT2D eigenvalue weighted by Gasteiger charge is -2.11. The van der Waals surface area contributed by atoms with Crippen LogP contribution >= 0.6 is 43.5 Å². The maximum Gasteiger partial charge on any atom is 0.333 e. The van der Waals surface area contributed by atoms with E-state index in [1.807, 2.05) is 0 Å². The topological polar surface area (TPSA) is 79.1 Å². The molecule has 2 aromatic carbocycles. The van der Waals surface area contributed by atoms with Gasteiger partial charge in [-0.3, -0.25) is 4.99 Å². The predicted molar refractivity (Wildman–Crippen MR) is 99.5 cm³/mol. The Morgan fingerprint density at radius 1 is 1.33 bits per heavy atom. The van der Waals surface area contributed by atoms with E-state index in [1.165, 1.54) is 13.3 Å². The molecule has 8 heteroatoms. The third-order valence-corrected chi connectivity index (χ3v) is 4.74. The molecule has 0 spiro atoms. The van der Waals surface area contributed by atoms with Crippen molar-refractivity contribution in [1.82, 2.24) is 0 Å². The first-order chi connectivity index (χ1) is 11.3. The summed E-state index contributed by atoms with van der Waals surface area (Å²) < 4.78 is 6.09. The van der Waals surface area contributed by atoms with Crippen LogP contribution in [0.1, 0.15) is 17.2 Å². The zero-order valence-electron chi connectivity index (χ0n) is 12.3. The Balaban J connectivity index is 2.40. The number of rotatable bonds is 5. The van der Waals surface area contributed by atoms with Crippen LogP contribution in [0, 0.1) is 0 Å². The molecule has 0 aromatic heterocycles. The minimum absolute atomic E-state index is 0.0981. The summed E-state index contributed by atoms with van der Waals surface area (Å²) in [5, 5.41) is 20.1. The monoisotopic (exact) mass is 475 g/mol. The number of aromatic hydroxyl groups is 1. The van der Waals surface area contributed by atoms with Gasteiger partial charge in [-0.25, -0.2) is 4.79 Å². The van der Waals surface area contributed by atoms with Crippen molar-refractivity contribution in [2.24, 2.45) is 4.99 Å². The molecule has 0 radical (unpaired) electrons. The fourth-order valence-electron chi connectivity index (χ4n) is 1.99. The molecule has 0 aliphatic heterocycles. The number of carbonyl (C=O) groups is 1. The van der Waals surface area contributed by atoms with Crippen molar-refractivity contribution in [3.63, 3.8) is 0 Å². The van der Waals surface area contributed by atoms with Gasteiger partial charge < -0.3 is 14.9 Å². The Bertz CT molecular complexity index is 794. The van der Waals surface area contributed by atoms with Crippen LogP contribution < -0.4 is 4.74 Å². The smallest absolute Gasteiger partial charge is 0.333 e. The zero-order chi connectivity index (χ0) is 17.9. The highest BCUT2D eigenvalue weighted by Crippen LogP contribution is 2.41. The number of carboxylic acids is 1. The lowest BCUT2D eigenvalue weighted by molar-refractivity contribution is -0.138. The van der Waals surface area contributed by atoms with E-state index in [0.717, 1.165) is 0 Å². The number of halogens is 3. The zero-order valence-corrected chi connectivity index (χ0v) is 16.3. The lowest BCUT2D eigenvalue weighted by atomic mass is 10.1. The van der Waals surface area contributed by atoms with Gasteiger partial charge in [0.2, 0.25) is 0 Å². The first kappa shape index (κ1) is 18.8. The molecule has 0 saturated carbocycles. The minimum Gasteiger partial charge on any atom is -0.506 e. The number of nitrogens with zero attached hydrogens (tertiary/aromatic N) is 1. The number of ether oxygens (including phenoxy) is 1. The van der Waals surface area contributed by atoms with Crippen molar-refractivity contribution < 1.29 is 19.7 Å². The fraction of sp³-hybridized carbons (Fsp3) is 0.125. The molecule has 0 amide bonds. The number of methoxy groups -OCH3 is 1. The molecule has 0 saturated heterocycles. The van der Waals surface area contributed by atoms with E-state index >= 15 is 0 Å². The van der Waals surface area contributed by atoms with E-state index in [-0.39, 0.29) is 5.75 Å². The maximum absolute atomic E-state index is 11.5. The summed E-state index contributed by atoms with van der Waals surface area (Å²) in [5.74, 6) is -0.782. The van der Waals surface area contributed by atoms with Gasteiger partial charge in [-0.1, -0.05) is 23.7 Å². The van der Waals surface area contributed by atoms with Gasteiger partial charge in [0.25, 0.3) is 0 Å². The Morgan fingerprint density at radius 3 is 2.50 bits per heavy atom. The molecule has 1 unspecified atom stereocenters. The Hall–Kier alpha value is -1.57. The highest BCUT2D eigenvalue weighted by molar-refractivity contribution is 9.11. The van der Waals surface area contributed by atoms with Gasteiger partial charge >= 0.3 is 5.97 Å². The minimum atomic E-state index is -1.11. The molecule has 0 fully saturated rings. The average molecular weight is 478 g/mol. The van der Waals surface area contributed by atoms with Crippen LogP contribution in [0.5, 0.6) is 11.5 Å². The third kappa shape index (κ3) is 4.09. The number of hydrogen-bond acceptors (Lipinski definition) is 4. The maximum atomic E-state index is 11.5. The van der Waals surface area contributed by atoms with Gasteiger partial charge in [0, 0.05) is 16.8 Å². The fourth-order valence-corrected chi connectivity index (χ4v) is 3.59. The standard InChI is InChI=1S/C16H12Br2ClNO4/c1-24-15-11(17)6-9(14(21)12(15)18)7-20-13(16(22)23)8-2-4-10(19)5-3-8/h2-7,13,21H,1H3,(H,22,23). The van der Waals surface area contributed by atoms with Crippen molar-refractivity contribution in [3.8, 4) is 11.5 Å². The SMILES string of the molecule is COc1c(Br)cc(C=NC(C(=O)O)c2ccc(Cl)cc2)c(O)c1Br. The molecule has 0 bridgehead atoms. The Morgan fingerprint density at radius 2 is 1.96 bits per heavy atom. The number of aliphatic imine (C=N–C) groups is 1. The molecule has 126 valence electrons. The van der Waals surface area contributed by atoms with Crippen LogP contribution in [0.4, 0.5) is 0 Å².